The summed E-state index contributed by atoms with van der Waals surface area (Å²) >= 11 is 0. The second kappa shape index (κ2) is 10.1. The Balaban J connectivity index is 1.77. The number of carbonyl (C=O) groups excluding carboxylic acids is 1. The number of carbonyl (C=O) groups is 1. The fourth-order valence-corrected chi connectivity index (χ4v) is 3.77. The first-order chi connectivity index (χ1) is 16.5. The summed E-state index contributed by atoms with van der Waals surface area (Å²) in [5.41, 5.74) is 4.04. The summed E-state index contributed by atoms with van der Waals surface area (Å²) in [5.74, 6) is 1.16. The van der Waals surface area contributed by atoms with Gasteiger partial charge in [0.25, 0.3) is 5.91 Å². The molecule has 5 nitrogen and oxygen atoms in total. The minimum absolute atomic E-state index is 0.193. The topological polar surface area (TPSA) is 75.3 Å². The van der Waals surface area contributed by atoms with Gasteiger partial charge in [0.1, 0.15) is 5.76 Å². The third kappa shape index (κ3) is 4.72. The molecule has 0 fully saturated rings. The van der Waals surface area contributed by atoms with Crippen LogP contribution in [0, 0.1) is 17.2 Å². The maximum absolute atomic E-state index is 13.2. The molecule has 3 aromatic carbocycles. The Labute approximate surface area is 199 Å². The van der Waals surface area contributed by atoms with Gasteiger partial charge in [-0.1, -0.05) is 80.6 Å². The molecule has 1 amide bonds. The van der Waals surface area contributed by atoms with Crippen molar-refractivity contribution in [3.8, 4) is 23.1 Å². The summed E-state index contributed by atoms with van der Waals surface area (Å²) in [5, 5.41) is 13.4. The number of ether oxygens (including phenoxy) is 1. The van der Waals surface area contributed by atoms with Crippen LogP contribution < -0.4 is 10.1 Å². The molecule has 0 aliphatic carbocycles. The van der Waals surface area contributed by atoms with E-state index in [0.717, 1.165) is 16.7 Å². The molecule has 0 saturated heterocycles. The van der Waals surface area contributed by atoms with Crippen LogP contribution in [-0.4, -0.2) is 19.6 Å². The Kier molecular flexibility index (Phi) is 6.79. The summed E-state index contributed by atoms with van der Waals surface area (Å²) < 4.78 is 11.7. The van der Waals surface area contributed by atoms with Gasteiger partial charge in [0.2, 0.25) is 0 Å². The number of hydrogen-bond donors (Lipinski definition) is 1. The van der Waals surface area contributed by atoms with Gasteiger partial charge in [0.05, 0.1) is 24.3 Å². The zero-order chi connectivity index (χ0) is 24.1. The summed E-state index contributed by atoms with van der Waals surface area (Å²) in [6, 6.07) is 25.0. The van der Waals surface area contributed by atoms with Gasteiger partial charge in [-0.3, -0.25) is 4.79 Å². The van der Waals surface area contributed by atoms with Crippen LogP contribution in [0.1, 0.15) is 35.3 Å². The van der Waals surface area contributed by atoms with Crippen molar-refractivity contribution in [2.45, 2.75) is 13.8 Å². The highest BCUT2D eigenvalue weighted by Gasteiger charge is 2.24. The van der Waals surface area contributed by atoms with E-state index in [9.17, 15) is 10.1 Å². The normalized spacial score (nSPS) is 11.4. The van der Waals surface area contributed by atoms with E-state index in [1.165, 1.54) is 0 Å². The van der Waals surface area contributed by atoms with Crippen molar-refractivity contribution in [2.24, 2.45) is 5.92 Å². The fourth-order valence-electron chi connectivity index (χ4n) is 3.77. The van der Waals surface area contributed by atoms with Gasteiger partial charge in [-0.15, -0.1) is 0 Å². The number of amides is 1. The molecule has 0 unspecified atom stereocenters. The lowest BCUT2D eigenvalue weighted by Gasteiger charge is -2.09. The predicted molar refractivity (Wildman–Crippen MR) is 135 cm³/mol. The molecule has 4 aromatic rings. The smallest absolute Gasteiger partial charge is 0.255 e. The number of fused-ring (bicyclic) bond motifs is 1. The molecule has 0 aliphatic rings. The Morgan fingerprint density at radius 2 is 1.79 bits per heavy atom. The van der Waals surface area contributed by atoms with Gasteiger partial charge in [-0.05, 0) is 29.2 Å². The highest BCUT2D eigenvalue weighted by Crippen LogP contribution is 2.38. The van der Waals surface area contributed by atoms with Crippen molar-refractivity contribution < 1.29 is 13.9 Å². The van der Waals surface area contributed by atoms with E-state index in [1.807, 2.05) is 92.7 Å². The van der Waals surface area contributed by atoms with Crippen molar-refractivity contribution in [3.05, 3.63) is 89.5 Å². The quantitative estimate of drug-likeness (QED) is 0.256. The van der Waals surface area contributed by atoms with Gasteiger partial charge in [0.15, 0.2) is 11.3 Å². The number of hydrogen-bond acceptors (Lipinski definition) is 4. The molecule has 0 radical (unpaired) electrons. The molecule has 4 rings (SSSR count). The Bertz CT molecular complexity index is 1370. The van der Waals surface area contributed by atoms with Crippen molar-refractivity contribution in [1.82, 2.24) is 5.32 Å². The number of methoxy groups -OCH3 is 1. The Hall–Kier alpha value is -4.30. The van der Waals surface area contributed by atoms with Crippen LogP contribution >= 0.6 is 0 Å². The van der Waals surface area contributed by atoms with Gasteiger partial charge in [-0.25, -0.2) is 0 Å². The first-order valence-electron chi connectivity index (χ1n) is 11.2. The Morgan fingerprint density at radius 1 is 1.06 bits per heavy atom. The molecule has 170 valence electrons. The first-order valence-corrected chi connectivity index (χ1v) is 11.2. The maximum atomic E-state index is 13.2. The van der Waals surface area contributed by atoms with Crippen molar-refractivity contribution in [2.75, 3.05) is 13.7 Å². The number of allylic oxidation sites excluding steroid dienone is 1. The van der Waals surface area contributed by atoms with Crippen LogP contribution in [0.3, 0.4) is 0 Å². The molecule has 0 bridgehead atoms. The van der Waals surface area contributed by atoms with E-state index in [1.54, 1.807) is 7.11 Å². The van der Waals surface area contributed by atoms with Crippen LogP contribution in [0.25, 0.3) is 33.9 Å². The lowest BCUT2D eigenvalue weighted by molar-refractivity contribution is 0.0950. The minimum atomic E-state index is -0.193. The zero-order valence-electron chi connectivity index (χ0n) is 19.5. The van der Waals surface area contributed by atoms with Crippen LogP contribution in [-0.2, 0) is 0 Å². The average Bonchev–Trinajstić information content (AvgIpc) is 3.26. The van der Waals surface area contributed by atoms with Gasteiger partial charge in [-0.2, -0.15) is 5.26 Å². The number of benzene rings is 3. The molecule has 0 spiro atoms. The SMILES string of the molecule is COc1cccc2c(C(=O)NCC(C)C)c(-c3ccc(/C(C#N)=C/c4ccccc4)cc3)oc12. The molecule has 5 heteroatoms. The lowest BCUT2D eigenvalue weighted by Crippen LogP contribution is -2.27. The van der Waals surface area contributed by atoms with Crippen LogP contribution in [0.5, 0.6) is 5.75 Å². The highest BCUT2D eigenvalue weighted by molar-refractivity contribution is 6.12. The maximum Gasteiger partial charge on any atom is 0.255 e. The van der Waals surface area contributed by atoms with Gasteiger partial charge >= 0.3 is 0 Å². The van der Waals surface area contributed by atoms with Crippen LogP contribution in [0.4, 0.5) is 0 Å². The molecular weight excluding hydrogens is 424 g/mol. The third-order valence-electron chi connectivity index (χ3n) is 5.49. The zero-order valence-corrected chi connectivity index (χ0v) is 19.5. The standard InChI is InChI=1S/C29H26N2O3/c1-19(2)18-31-29(32)26-24-10-7-11-25(33-3)28(24)34-27(26)22-14-12-21(13-15-22)23(17-30)16-20-8-5-4-6-9-20/h4-16,19H,18H2,1-3H3,(H,31,32)/b23-16+. The number of rotatable bonds is 7. The van der Waals surface area contributed by atoms with Gasteiger partial charge in [0, 0.05) is 17.5 Å². The molecule has 0 saturated carbocycles. The van der Waals surface area contributed by atoms with E-state index in [2.05, 4.69) is 11.4 Å². The van der Waals surface area contributed by atoms with E-state index in [4.69, 9.17) is 9.15 Å². The van der Waals surface area contributed by atoms with Crippen molar-refractivity contribution in [3.63, 3.8) is 0 Å². The molecule has 0 aliphatic heterocycles. The molecule has 1 heterocycles. The monoisotopic (exact) mass is 450 g/mol. The molecule has 0 atom stereocenters. The lowest BCUT2D eigenvalue weighted by atomic mass is 9.99. The van der Waals surface area contributed by atoms with Crippen molar-refractivity contribution in [1.29, 1.82) is 5.26 Å². The number of nitrogens with one attached hydrogen (secondary N) is 1. The van der Waals surface area contributed by atoms with E-state index in [0.29, 0.717) is 46.1 Å². The number of furan rings is 1. The number of nitriles is 1. The molecular formula is C29H26N2O3. The van der Waals surface area contributed by atoms with E-state index >= 15 is 0 Å². The average molecular weight is 451 g/mol. The first kappa shape index (κ1) is 22.9. The summed E-state index contributed by atoms with van der Waals surface area (Å²) in [7, 11) is 1.58. The minimum Gasteiger partial charge on any atom is -0.493 e. The van der Waals surface area contributed by atoms with Crippen LogP contribution in [0.2, 0.25) is 0 Å². The second-order valence-electron chi connectivity index (χ2n) is 8.40. The highest BCUT2D eigenvalue weighted by atomic mass is 16.5. The second-order valence-corrected chi connectivity index (χ2v) is 8.40. The van der Waals surface area contributed by atoms with Crippen molar-refractivity contribution >= 4 is 28.5 Å². The van der Waals surface area contributed by atoms with E-state index in [-0.39, 0.29) is 5.91 Å². The van der Waals surface area contributed by atoms with Gasteiger partial charge < -0.3 is 14.5 Å². The number of nitrogens with zero attached hydrogens (tertiary/aromatic N) is 1. The summed E-state index contributed by atoms with van der Waals surface area (Å²) in [4.78, 5) is 13.2. The predicted octanol–water partition coefficient (Wildman–Crippen LogP) is 6.56. The third-order valence-corrected chi connectivity index (χ3v) is 5.49. The molecule has 1 N–H and O–H groups in total. The van der Waals surface area contributed by atoms with Crippen LogP contribution in [0.15, 0.2) is 77.2 Å². The summed E-state index contributed by atoms with van der Waals surface area (Å²) in [6.07, 6.45) is 1.85. The molecule has 34 heavy (non-hydrogen) atoms. The largest absolute Gasteiger partial charge is 0.493 e. The summed E-state index contributed by atoms with van der Waals surface area (Å²) in [6.45, 7) is 4.65. The fraction of sp³-hybridized carbons (Fsp3) is 0.172. The Morgan fingerprint density at radius 3 is 2.44 bits per heavy atom. The molecule has 1 aromatic heterocycles. The number of para-hydroxylation sites is 1. The van der Waals surface area contributed by atoms with E-state index < -0.39 is 0 Å².